The highest BCUT2D eigenvalue weighted by Gasteiger charge is 2.06. The smallest absolute Gasteiger partial charge is 0.251 e. The number of benzene rings is 1. The van der Waals surface area contributed by atoms with Crippen LogP contribution in [0.4, 0.5) is 8.78 Å². The molecule has 0 aliphatic heterocycles. The van der Waals surface area contributed by atoms with Gasteiger partial charge in [-0.1, -0.05) is 12.1 Å². The van der Waals surface area contributed by atoms with Crippen LogP contribution in [0.3, 0.4) is 0 Å². The lowest BCUT2D eigenvalue weighted by Crippen LogP contribution is -2.22. The molecule has 1 N–H and O–H groups in total. The van der Waals surface area contributed by atoms with E-state index in [0.717, 1.165) is 11.6 Å². The van der Waals surface area contributed by atoms with E-state index in [1.54, 1.807) is 12.1 Å². The molecule has 0 aliphatic carbocycles. The molecule has 3 nitrogen and oxygen atoms in total. The van der Waals surface area contributed by atoms with Crippen molar-refractivity contribution in [3.8, 4) is 0 Å². The zero-order valence-corrected chi connectivity index (χ0v) is 9.36. The third kappa shape index (κ3) is 3.10. The molecule has 0 aliphatic rings. The molecule has 2 aromatic rings. The van der Waals surface area contributed by atoms with Crippen molar-refractivity contribution in [1.82, 2.24) is 10.3 Å². The summed E-state index contributed by atoms with van der Waals surface area (Å²) in [4.78, 5) is 15.0. The van der Waals surface area contributed by atoms with Gasteiger partial charge in [0, 0.05) is 24.4 Å². The Kier molecular flexibility index (Phi) is 3.62. The van der Waals surface area contributed by atoms with Crippen LogP contribution in [0.2, 0.25) is 0 Å². The van der Waals surface area contributed by atoms with E-state index in [1.807, 2.05) is 0 Å². The highest BCUT2D eigenvalue weighted by molar-refractivity contribution is 5.93. The summed E-state index contributed by atoms with van der Waals surface area (Å²) >= 11 is 0. The molecule has 0 unspecified atom stereocenters. The molecule has 0 saturated heterocycles. The number of carbonyl (C=O) groups is 1. The maximum atomic E-state index is 12.8. The number of halogens is 2. The zero-order chi connectivity index (χ0) is 13.0. The summed E-state index contributed by atoms with van der Waals surface area (Å²) in [6.45, 7) is 0.253. The van der Waals surface area contributed by atoms with E-state index in [-0.39, 0.29) is 17.9 Å². The van der Waals surface area contributed by atoms with Crippen LogP contribution in [-0.4, -0.2) is 10.9 Å². The van der Waals surface area contributed by atoms with Crippen LogP contribution in [0.1, 0.15) is 15.9 Å². The average Bonchev–Trinajstić information content (AvgIpc) is 2.38. The van der Waals surface area contributed by atoms with Gasteiger partial charge >= 0.3 is 0 Å². The van der Waals surface area contributed by atoms with E-state index >= 15 is 0 Å². The Morgan fingerprint density at radius 1 is 1.17 bits per heavy atom. The Labute approximate surface area is 102 Å². The topological polar surface area (TPSA) is 42.0 Å². The fourth-order valence-corrected chi connectivity index (χ4v) is 1.43. The lowest BCUT2D eigenvalue weighted by molar-refractivity contribution is 0.0950. The number of nitrogens with zero attached hydrogens (tertiary/aromatic N) is 1. The molecule has 2 rings (SSSR count). The third-order valence-electron chi connectivity index (χ3n) is 2.36. The van der Waals surface area contributed by atoms with Crippen molar-refractivity contribution >= 4 is 5.91 Å². The molecule has 1 aromatic carbocycles. The van der Waals surface area contributed by atoms with E-state index in [2.05, 4.69) is 10.3 Å². The van der Waals surface area contributed by atoms with Crippen molar-refractivity contribution in [1.29, 1.82) is 0 Å². The Morgan fingerprint density at radius 3 is 2.56 bits per heavy atom. The first-order valence-electron chi connectivity index (χ1n) is 5.29. The summed E-state index contributed by atoms with van der Waals surface area (Å²) in [5, 5.41) is 2.61. The normalized spacial score (nSPS) is 10.1. The maximum absolute atomic E-state index is 12.8. The van der Waals surface area contributed by atoms with Gasteiger partial charge in [-0.2, -0.15) is 4.39 Å². The molecule has 0 spiro atoms. The van der Waals surface area contributed by atoms with Crippen LogP contribution >= 0.6 is 0 Å². The number of rotatable bonds is 3. The van der Waals surface area contributed by atoms with Crippen LogP contribution in [-0.2, 0) is 6.54 Å². The third-order valence-corrected chi connectivity index (χ3v) is 2.36. The van der Waals surface area contributed by atoms with Crippen molar-refractivity contribution in [3.63, 3.8) is 0 Å². The van der Waals surface area contributed by atoms with Crippen molar-refractivity contribution in [2.45, 2.75) is 6.54 Å². The second-order valence-electron chi connectivity index (χ2n) is 3.68. The summed E-state index contributed by atoms with van der Waals surface area (Å²) in [7, 11) is 0. The largest absolute Gasteiger partial charge is 0.348 e. The van der Waals surface area contributed by atoms with E-state index in [9.17, 15) is 13.6 Å². The van der Waals surface area contributed by atoms with E-state index in [4.69, 9.17) is 0 Å². The Morgan fingerprint density at radius 2 is 1.89 bits per heavy atom. The highest BCUT2D eigenvalue weighted by atomic mass is 19.1. The molecule has 1 amide bonds. The summed E-state index contributed by atoms with van der Waals surface area (Å²) in [5.74, 6) is -1.44. The first kappa shape index (κ1) is 12.2. The quantitative estimate of drug-likeness (QED) is 0.847. The van der Waals surface area contributed by atoms with Crippen molar-refractivity contribution in [2.75, 3.05) is 0 Å². The van der Waals surface area contributed by atoms with Gasteiger partial charge in [0.15, 0.2) is 0 Å². The van der Waals surface area contributed by atoms with Crippen LogP contribution < -0.4 is 5.32 Å². The summed E-state index contributed by atoms with van der Waals surface area (Å²) in [5.41, 5.74) is 0.962. The van der Waals surface area contributed by atoms with Crippen LogP contribution in [0, 0.1) is 11.8 Å². The van der Waals surface area contributed by atoms with Crippen LogP contribution in [0.15, 0.2) is 42.6 Å². The molecule has 0 atom stereocenters. The Bertz CT molecular complexity index is 555. The van der Waals surface area contributed by atoms with Gasteiger partial charge in [0.05, 0.1) is 0 Å². The number of hydrogen-bond acceptors (Lipinski definition) is 2. The van der Waals surface area contributed by atoms with Gasteiger partial charge in [0.25, 0.3) is 5.91 Å². The SMILES string of the molecule is O=C(NCc1ccc(F)cc1)c1ccnc(F)c1. The van der Waals surface area contributed by atoms with Gasteiger partial charge < -0.3 is 5.32 Å². The molecule has 0 saturated carbocycles. The lowest BCUT2D eigenvalue weighted by atomic mass is 10.2. The predicted octanol–water partition coefficient (Wildman–Crippen LogP) is 2.29. The molecule has 1 heterocycles. The van der Waals surface area contributed by atoms with Gasteiger partial charge in [-0.05, 0) is 23.8 Å². The number of nitrogens with one attached hydrogen (secondary N) is 1. The second-order valence-corrected chi connectivity index (χ2v) is 3.68. The molecule has 0 fully saturated rings. The zero-order valence-electron chi connectivity index (χ0n) is 9.36. The second kappa shape index (κ2) is 5.35. The minimum atomic E-state index is -0.704. The monoisotopic (exact) mass is 248 g/mol. The first-order valence-corrected chi connectivity index (χ1v) is 5.29. The number of aromatic nitrogens is 1. The summed E-state index contributed by atoms with van der Waals surface area (Å²) in [6, 6.07) is 8.25. The van der Waals surface area contributed by atoms with E-state index in [1.165, 1.54) is 24.4 Å². The van der Waals surface area contributed by atoms with E-state index in [0.29, 0.717) is 0 Å². The number of hydrogen-bond donors (Lipinski definition) is 1. The molecule has 1 aromatic heterocycles. The molecule has 0 radical (unpaired) electrons. The predicted molar refractivity (Wildman–Crippen MR) is 61.8 cm³/mol. The molecular weight excluding hydrogens is 238 g/mol. The van der Waals surface area contributed by atoms with Gasteiger partial charge in [-0.3, -0.25) is 4.79 Å². The maximum Gasteiger partial charge on any atom is 0.251 e. The fourth-order valence-electron chi connectivity index (χ4n) is 1.43. The summed E-state index contributed by atoms with van der Waals surface area (Å²) < 4.78 is 25.5. The molecule has 18 heavy (non-hydrogen) atoms. The first-order chi connectivity index (χ1) is 8.65. The van der Waals surface area contributed by atoms with Crippen molar-refractivity contribution in [3.05, 3.63) is 65.5 Å². The van der Waals surface area contributed by atoms with Crippen molar-refractivity contribution < 1.29 is 13.6 Å². The molecule has 0 bridgehead atoms. The van der Waals surface area contributed by atoms with Gasteiger partial charge in [0.1, 0.15) is 5.82 Å². The van der Waals surface area contributed by atoms with Gasteiger partial charge in [0.2, 0.25) is 5.95 Å². The lowest BCUT2D eigenvalue weighted by Gasteiger charge is -2.05. The number of carbonyl (C=O) groups excluding carboxylic acids is 1. The minimum absolute atomic E-state index is 0.199. The standard InChI is InChI=1S/C13H10F2N2O/c14-11-3-1-9(2-4-11)8-17-13(18)10-5-6-16-12(15)7-10/h1-7H,8H2,(H,17,18). The molecular formula is C13H10F2N2O. The minimum Gasteiger partial charge on any atom is -0.348 e. The van der Waals surface area contributed by atoms with E-state index < -0.39 is 11.9 Å². The average molecular weight is 248 g/mol. The number of amides is 1. The van der Waals surface area contributed by atoms with Crippen molar-refractivity contribution in [2.24, 2.45) is 0 Å². The molecule has 92 valence electrons. The fraction of sp³-hybridized carbons (Fsp3) is 0.0769. The Hall–Kier alpha value is -2.30. The Balaban J connectivity index is 1.98. The van der Waals surface area contributed by atoms with Crippen LogP contribution in [0.5, 0.6) is 0 Å². The van der Waals surface area contributed by atoms with Crippen LogP contribution in [0.25, 0.3) is 0 Å². The molecule has 5 heteroatoms. The van der Waals surface area contributed by atoms with Gasteiger partial charge in [-0.15, -0.1) is 0 Å². The summed E-state index contributed by atoms with van der Waals surface area (Å²) in [6.07, 6.45) is 1.22. The number of pyridine rings is 1. The highest BCUT2D eigenvalue weighted by Crippen LogP contribution is 2.04. The van der Waals surface area contributed by atoms with Gasteiger partial charge in [-0.25, -0.2) is 9.37 Å².